The Morgan fingerprint density at radius 2 is 1.62 bits per heavy atom. The number of hydrogen-bond donors (Lipinski definition) is 2. The van der Waals surface area contributed by atoms with Gasteiger partial charge in [0.15, 0.2) is 0 Å². The van der Waals surface area contributed by atoms with Gasteiger partial charge in [-0.2, -0.15) is 0 Å². The van der Waals surface area contributed by atoms with Gasteiger partial charge >= 0.3 is 5.97 Å². The van der Waals surface area contributed by atoms with E-state index in [2.05, 4.69) is 5.32 Å². The third kappa shape index (κ3) is 4.51. The molecular weight excluding hydrogens is 413 g/mol. The van der Waals surface area contributed by atoms with Gasteiger partial charge in [0.1, 0.15) is 36.1 Å². The topological polar surface area (TPSA) is 84.9 Å². The van der Waals surface area contributed by atoms with Crippen LogP contribution in [0, 0.1) is 5.82 Å². The molecule has 0 unspecified atom stereocenters. The number of halogens is 1. The van der Waals surface area contributed by atoms with Crippen LogP contribution in [-0.4, -0.2) is 35.7 Å². The van der Waals surface area contributed by atoms with Crippen LogP contribution in [0.3, 0.4) is 0 Å². The molecule has 1 aliphatic rings. The van der Waals surface area contributed by atoms with Gasteiger partial charge in [-0.25, -0.2) is 9.18 Å². The molecule has 0 aliphatic heterocycles. The van der Waals surface area contributed by atoms with Crippen molar-refractivity contribution in [2.45, 2.75) is 31.2 Å². The fourth-order valence-electron chi connectivity index (χ4n) is 4.07. The third-order valence-electron chi connectivity index (χ3n) is 5.76. The zero-order chi connectivity index (χ0) is 22.6. The van der Waals surface area contributed by atoms with Crippen molar-refractivity contribution in [3.63, 3.8) is 0 Å². The molecule has 0 radical (unpaired) electrons. The summed E-state index contributed by atoms with van der Waals surface area (Å²) in [6.45, 7) is 0.338. The largest absolute Gasteiger partial charge is 0.490 e. The number of carboxylic acid groups (broad SMARTS) is 1. The molecule has 1 fully saturated rings. The minimum Gasteiger partial charge on any atom is -0.490 e. The van der Waals surface area contributed by atoms with E-state index < -0.39 is 17.4 Å². The first kappa shape index (κ1) is 21.6. The smallest absolute Gasteiger partial charge is 0.329 e. The molecule has 0 bridgehead atoms. The predicted molar refractivity (Wildman–Crippen MR) is 118 cm³/mol. The molecule has 166 valence electrons. The van der Waals surface area contributed by atoms with Gasteiger partial charge in [-0.3, -0.25) is 4.79 Å². The number of rotatable bonds is 8. The van der Waals surface area contributed by atoms with E-state index >= 15 is 0 Å². The van der Waals surface area contributed by atoms with Gasteiger partial charge in [-0.1, -0.05) is 43.2 Å². The van der Waals surface area contributed by atoms with E-state index in [9.17, 15) is 19.1 Å². The van der Waals surface area contributed by atoms with Gasteiger partial charge in [-0.05, 0) is 48.6 Å². The molecule has 0 heterocycles. The summed E-state index contributed by atoms with van der Waals surface area (Å²) in [7, 11) is 0. The second kappa shape index (κ2) is 9.26. The van der Waals surface area contributed by atoms with E-state index in [0.29, 0.717) is 24.3 Å². The lowest BCUT2D eigenvalue weighted by molar-refractivity contribution is -0.144. The zero-order valence-electron chi connectivity index (χ0n) is 17.5. The Morgan fingerprint density at radius 3 is 2.34 bits per heavy atom. The molecule has 3 aromatic rings. The van der Waals surface area contributed by atoms with Crippen LogP contribution >= 0.6 is 0 Å². The Labute approximate surface area is 185 Å². The fraction of sp³-hybridized carbons (Fsp3) is 0.280. The molecule has 6 nitrogen and oxygen atoms in total. The van der Waals surface area contributed by atoms with Crippen molar-refractivity contribution in [2.24, 2.45) is 0 Å². The van der Waals surface area contributed by atoms with E-state index in [0.717, 1.165) is 23.6 Å². The molecule has 7 heteroatoms. The molecule has 1 aliphatic carbocycles. The molecule has 32 heavy (non-hydrogen) atoms. The number of carbonyl (C=O) groups is 2. The number of hydrogen-bond acceptors (Lipinski definition) is 4. The summed E-state index contributed by atoms with van der Waals surface area (Å²) < 4.78 is 24.6. The van der Waals surface area contributed by atoms with Crippen molar-refractivity contribution in [3.8, 4) is 11.5 Å². The van der Waals surface area contributed by atoms with Crippen LogP contribution in [0.2, 0.25) is 0 Å². The number of fused-ring (bicyclic) bond motifs is 1. The van der Waals surface area contributed by atoms with Crippen molar-refractivity contribution in [1.82, 2.24) is 5.32 Å². The molecule has 4 rings (SSSR count). The summed E-state index contributed by atoms with van der Waals surface area (Å²) in [6.07, 6.45) is 2.33. The first-order chi connectivity index (χ1) is 15.5. The second-order valence-electron chi connectivity index (χ2n) is 7.86. The maximum Gasteiger partial charge on any atom is 0.329 e. The maximum atomic E-state index is 13.1. The molecule has 2 N–H and O–H groups in total. The Bertz CT molecular complexity index is 1120. The highest BCUT2D eigenvalue weighted by Crippen LogP contribution is 2.33. The van der Waals surface area contributed by atoms with E-state index in [4.69, 9.17) is 9.47 Å². The summed E-state index contributed by atoms with van der Waals surface area (Å²) in [5, 5.41) is 14.1. The van der Waals surface area contributed by atoms with Gasteiger partial charge in [0, 0.05) is 5.39 Å². The average Bonchev–Trinajstić information content (AvgIpc) is 3.27. The Balaban J connectivity index is 1.54. The van der Waals surface area contributed by atoms with Gasteiger partial charge in [0.05, 0.1) is 5.56 Å². The highest BCUT2D eigenvalue weighted by Gasteiger charge is 2.43. The number of nitrogens with one attached hydrogen (secondary N) is 1. The van der Waals surface area contributed by atoms with Crippen molar-refractivity contribution < 1.29 is 28.6 Å². The highest BCUT2D eigenvalue weighted by molar-refractivity contribution is 6.05. The van der Waals surface area contributed by atoms with Crippen molar-refractivity contribution in [3.05, 3.63) is 72.0 Å². The molecular formula is C25H24FNO5. The lowest BCUT2D eigenvalue weighted by atomic mass is 9.96. The van der Waals surface area contributed by atoms with Gasteiger partial charge in [0.2, 0.25) is 0 Å². The Morgan fingerprint density at radius 1 is 0.938 bits per heavy atom. The number of amides is 1. The summed E-state index contributed by atoms with van der Waals surface area (Å²) in [6, 6.07) is 16.6. The highest BCUT2D eigenvalue weighted by atomic mass is 19.1. The predicted octanol–water partition coefficient (Wildman–Crippen LogP) is 4.56. The first-order valence-corrected chi connectivity index (χ1v) is 10.6. The Hall–Kier alpha value is -3.61. The first-order valence-electron chi connectivity index (χ1n) is 10.6. The van der Waals surface area contributed by atoms with Crippen LogP contribution in [0.4, 0.5) is 4.39 Å². The van der Waals surface area contributed by atoms with E-state index in [1.807, 2.05) is 30.3 Å². The minimum atomic E-state index is -1.24. The quantitative estimate of drug-likeness (QED) is 0.505. The normalized spacial score (nSPS) is 14.8. The molecule has 3 aromatic carbocycles. The van der Waals surface area contributed by atoms with Gasteiger partial charge < -0.3 is 19.9 Å². The second-order valence-corrected chi connectivity index (χ2v) is 7.86. The summed E-state index contributed by atoms with van der Waals surface area (Å²) in [4.78, 5) is 25.0. The van der Waals surface area contributed by atoms with Crippen LogP contribution in [0.1, 0.15) is 36.0 Å². The Kier molecular flexibility index (Phi) is 6.25. The van der Waals surface area contributed by atoms with E-state index in [-0.39, 0.29) is 24.6 Å². The van der Waals surface area contributed by atoms with E-state index in [1.165, 1.54) is 24.3 Å². The zero-order valence-corrected chi connectivity index (χ0v) is 17.5. The molecule has 0 saturated heterocycles. The fourth-order valence-corrected chi connectivity index (χ4v) is 4.07. The van der Waals surface area contributed by atoms with Crippen LogP contribution in [0.25, 0.3) is 10.8 Å². The number of benzene rings is 3. The third-order valence-corrected chi connectivity index (χ3v) is 5.76. The molecule has 1 amide bonds. The lowest BCUT2D eigenvalue weighted by Crippen LogP contribution is -2.52. The van der Waals surface area contributed by atoms with Crippen LogP contribution < -0.4 is 14.8 Å². The molecule has 0 atom stereocenters. The summed E-state index contributed by atoms with van der Waals surface area (Å²) in [5.41, 5.74) is -0.968. The monoisotopic (exact) mass is 437 g/mol. The summed E-state index contributed by atoms with van der Waals surface area (Å²) in [5.74, 6) is -0.951. The lowest BCUT2D eigenvalue weighted by Gasteiger charge is -2.26. The standard InChI is InChI=1S/C25H24FNO5/c26-18-8-10-19(11-9-18)31-15-16-32-22-20-6-2-1-5-17(20)7-12-21(22)23(28)27-25(24(29)30)13-3-4-14-25/h1-2,5-12H,3-4,13-16H2,(H,27,28)(H,29,30). The number of ether oxygens (including phenoxy) is 2. The van der Waals surface area contributed by atoms with Gasteiger partial charge in [-0.15, -0.1) is 0 Å². The van der Waals surface area contributed by atoms with Gasteiger partial charge in [0.25, 0.3) is 5.91 Å². The summed E-state index contributed by atoms with van der Waals surface area (Å²) >= 11 is 0. The van der Waals surface area contributed by atoms with Crippen LogP contribution in [-0.2, 0) is 4.79 Å². The van der Waals surface area contributed by atoms with Crippen LogP contribution in [0.5, 0.6) is 11.5 Å². The number of carbonyl (C=O) groups excluding carboxylic acids is 1. The SMILES string of the molecule is O=C(NC1(C(=O)O)CCCC1)c1ccc2ccccc2c1OCCOc1ccc(F)cc1. The van der Waals surface area contributed by atoms with Crippen LogP contribution in [0.15, 0.2) is 60.7 Å². The molecule has 0 aromatic heterocycles. The average molecular weight is 437 g/mol. The van der Waals surface area contributed by atoms with Crippen molar-refractivity contribution in [2.75, 3.05) is 13.2 Å². The molecule has 0 spiro atoms. The minimum absolute atomic E-state index is 0.149. The van der Waals surface area contributed by atoms with E-state index in [1.54, 1.807) is 6.07 Å². The number of carboxylic acids is 1. The molecule has 1 saturated carbocycles. The maximum absolute atomic E-state index is 13.1. The number of aliphatic carboxylic acids is 1. The van der Waals surface area contributed by atoms with Crippen molar-refractivity contribution >= 4 is 22.6 Å². The van der Waals surface area contributed by atoms with Crippen molar-refractivity contribution in [1.29, 1.82) is 0 Å².